The Morgan fingerprint density at radius 1 is 1.28 bits per heavy atom. The van der Waals surface area contributed by atoms with Crippen LogP contribution in [0.3, 0.4) is 0 Å². The normalized spacial score (nSPS) is 47.4. The quantitative estimate of drug-likeness (QED) is 0.626. The Morgan fingerprint density at radius 2 is 1.89 bits per heavy atom. The summed E-state index contributed by atoms with van der Waals surface area (Å²) in [5.74, 6) is -0.0143. The van der Waals surface area contributed by atoms with Crippen molar-refractivity contribution in [2.24, 2.45) is 16.7 Å². The van der Waals surface area contributed by atoms with Crippen LogP contribution >= 0.6 is 0 Å². The molecule has 18 heavy (non-hydrogen) atoms. The lowest BCUT2D eigenvalue weighted by atomic mass is 9.46. The van der Waals surface area contributed by atoms with Gasteiger partial charge in [0, 0.05) is 11.3 Å². The highest BCUT2D eigenvalue weighted by molar-refractivity contribution is 5.29. The van der Waals surface area contributed by atoms with Crippen LogP contribution < -0.4 is 0 Å². The third-order valence-electron chi connectivity index (χ3n) is 5.63. The Kier molecular flexibility index (Phi) is 3.16. The standard InChI is InChI=1S/C15H26O3/c1-10-8-11(17)12-13(2,3)6-5-7-14(12,4)15(10,18)9-16/h8,11-12,16-18H,5-7,9H2,1-4H3/t11-,12-,14-,15+/m0/s1. The lowest BCUT2D eigenvalue weighted by Crippen LogP contribution is -2.64. The summed E-state index contributed by atoms with van der Waals surface area (Å²) in [6, 6.07) is 0. The molecule has 3 heteroatoms. The molecule has 0 radical (unpaired) electrons. The molecule has 104 valence electrons. The molecule has 0 aliphatic heterocycles. The van der Waals surface area contributed by atoms with E-state index < -0.39 is 17.1 Å². The average Bonchev–Trinajstić information content (AvgIpc) is 2.24. The number of fused-ring (bicyclic) bond motifs is 1. The lowest BCUT2D eigenvalue weighted by molar-refractivity contribution is -0.185. The summed E-state index contributed by atoms with van der Waals surface area (Å²) in [6.07, 6.45) is 4.13. The first-order chi connectivity index (χ1) is 8.19. The zero-order valence-corrected chi connectivity index (χ0v) is 11.9. The maximum absolute atomic E-state index is 10.9. The van der Waals surface area contributed by atoms with Gasteiger partial charge >= 0.3 is 0 Å². The highest BCUT2D eigenvalue weighted by Gasteiger charge is 2.61. The van der Waals surface area contributed by atoms with Gasteiger partial charge in [-0.15, -0.1) is 0 Å². The van der Waals surface area contributed by atoms with Crippen molar-refractivity contribution < 1.29 is 15.3 Å². The number of aliphatic hydroxyl groups is 3. The maximum atomic E-state index is 10.9. The van der Waals surface area contributed by atoms with E-state index in [0.29, 0.717) is 5.57 Å². The molecule has 0 spiro atoms. The van der Waals surface area contributed by atoms with E-state index in [-0.39, 0.29) is 17.9 Å². The van der Waals surface area contributed by atoms with Gasteiger partial charge in [-0.05, 0) is 30.8 Å². The molecule has 1 saturated carbocycles. The van der Waals surface area contributed by atoms with E-state index in [2.05, 4.69) is 13.8 Å². The van der Waals surface area contributed by atoms with E-state index in [1.54, 1.807) is 6.08 Å². The van der Waals surface area contributed by atoms with Crippen LogP contribution in [0.15, 0.2) is 11.6 Å². The summed E-state index contributed by atoms with van der Waals surface area (Å²) in [5.41, 5.74) is -0.975. The Hall–Kier alpha value is -0.380. The van der Waals surface area contributed by atoms with Gasteiger partial charge in [0.15, 0.2) is 0 Å². The highest BCUT2D eigenvalue weighted by atomic mass is 16.3. The van der Waals surface area contributed by atoms with Crippen LogP contribution in [0, 0.1) is 16.7 Å². The molecule has 0 bridgehead atoms. The molecule has 0 amide bonds. The summed E-state index contributed by atoms with van der Waals surface area (Å²) in [7, 11) is 0. The molecule has 0 unspecified atom stereocenters. The predicted octanol–water partition coefficient (Wildman–Crippen LogP) is 1.86. The molecular weight excluding hydrogens is 228 g/mol. The number of aliphatic hydroxyl groups excluding tert-OH is 2. The van der Waals surface area contributed by atoms with Crippen molar-refractivity contribution in [3.63, 3.8) is 0 Å². The zero-order valence-electron chi connectivity index (χ0n) is 11.9. The second kappa shape index (κ2) is 4.06. The Labute approximate surface area is 110 Å². The van der Waals surface area contributed by atoms with Crippen LogP contribution in [0.1, 0.15) is 47.0 Å². The van der Waals surface area contributed by atoms with E-state index >= 15 is 0 Å². The molecule has 1 fully saturated rings. The van der Waals surface area contributed by atoms with Crippen molar-refractivity contribution >= 4 is 0 Å². The Balaban J connectivity index is 2.58. The first-order valence-electron chi connectivity index (χ1n) is 6.89. The second-order valence-electron chi connectivity index (χ2n) is 7.10. The third kappa shape index (κ3) is 1.60. The fourth-order valence-electron chi connectivity index (χ4n) is 4.63. The molecule has 3 N–H and O–H groups in total. The predicted molar refractivity (Wildman–Crippen MR) is 71.0 cm³/mol. The van der Waals surface area contributed by atoms with Gasteiger partial charge in [-0.3, -0.25) is 0 Å². The van der Waals surface area contributed by atoms with Crippen molar-refractivity contribution in [1.29, 1.82) is 0 Å². The Morgan fingerprint density at radius 3 is 2.44 bits per heavy atom. The first kappa shape index (κ1) is 14.0. The fraction of sp³-hybridized carbons (Fsp3) is 0.867. The molecule has 2 aliphatic rings. The SMILES string of the molecule is CC1=C[C@H](O)[C@H]2C(C)(C)CCC[C@]2(C)[C@@]1(O)CO. The number of hydrogen-bond donors (Lipinski definition) is 3. The topological polar surface area (TPSA) is 60.7 Å². The average molecular weight is 254 g/mol. The van der Waals surface area contributed by atoms with Crippen LogP contribution in [-0.4, -0.2) is 33.6 Å². The summed E-state index contributed by atoms with van der Waals surface area (Å²) < 4.78 is 0. The smallest absolute Gasteiger partial charge is 0.114 e. The van der Waals surface area contributed by atoms with Gasteiger partial charge < -0.3 is 15.3 Å². The minimum absolute atomic E-state index is 0.0143. The van der Waals surface area contributed by atoms with Crippen molar-refractivity contribution in [3.05, 3.63) is 11.6 Å². The molecule has 0 aromatic carbocycles. The molecule has 0 heterocycles. The molecule has 3 nitrogen and oxygen atoms in total. The summed E-state index contributed by atoms with van der Waals surface area (Å²) in [6.45, 7) is 7.87. The van der Waals surface area contributed by atoms with Crippen molar-refractivity contribution in [3.8, 4) is 0 Å². The molecule has 0 aromatic rings. The molecule has 2 aliphatic carbocycles. The van der Waals surface area contributed by atoms with Crippen molar-refractivity contribution in [1.82, 2.24) is 0 Å². The first-order valence-corrected chi connectivity index (χ1v) is 6.89. The Bertz CT molecular complexity index is 374. The monoisotopic (exact) mass is 254 g/mol. The van der Waals surface area contributed by atoms with Crippen LogP contribution in [0.25, 0.3) is 0 Å². The van der Waals surface area contributed by atoms with Crippen LogP contribution in [0.4, 0.5) is 0 Å². The summed E-state index contributed by atoms with van der Waals surface area (Å²) in [4.78, 5) is 0. The number of hydrogen-bond acceptors (Lipinski definition) is 3. The summed E-state index contributed by atoms with van der Waals surface area (Å²) >= 11 is 0. The van der Waals surface area contributed by atoms with E-state index in [4.69, 9.17) is 0 Å². The van der Waals surface area contributed by atoms with Gasteiger partial charge in [0.1, 0.15) is 5.60 Å². The maximum Gasteiger partial charge on any atom is 0.114 e. The van der Waals surface area contributed by atoms with Crippen molar-refractivity contribution in [2.75, 3.05) is 6.61 Å². The zero-order chi connectivity index (χ0) is 13.8. The fourth-order valence-corrected chi connectivity index (χ4v) is 4.63. The van der Waals surface area contributed by atoms with Crippen LogP contribution in [-0.2, 0) is 0 Å². The van der Waals surface area contributed by atoms with E-state index in [1.165, 1.54) is 0 Å². The molecule has 0 saturated heterocycles. The third-order valence-corrected chi connectivity index (χ3v) is 5.63. The minimum atomic E-state index is -1.20. The molecule has 4 atom stereocenters. The largest absolute Gasteiger partial charge is 0.393 e. The highest BCUT2D eigenvalue weighted by Crippen LogP contribution is 2.60. The van der Waals surface area contributed by atoms with Gasteiger partial charge in [-0.2, -0.15) is 0 Å². The van der Waals surface area contributed by atoms with Gasteiger partial charge in [0.2, 0.25) is 0 Å². The van der Waals surface area contributed by atoms with E-state index in [0.717, 1.165) is 19.3 Å². The van der Waals surface area contributed by atoms with Crippen LogP contribution in [0.5, 0.6) is 0 Å². The van der Waals surface area contributed by atoms with Crippen molar-refractivity contribution in [2.45, 2.75) is 58.7 Å². The lowest BCUT2D eigenvalue weighted by Gasteiger charge is -2.61. The minimum Gasteiger partial charge on any atom is -0.393 e. The molecule has 0 aromatic heterocycles. The van der Waals surface area contributed by atoms with E-state index in [1.807, 2.05) is 13.8 Å². The van der Waals surface area contributed by atoms with Gasteiger partial charge in [0.05, 0.1) is 12.7 Å². The molecule has 2 rings (SSSR count). The van der Waals surface area contributed by atoms with Crippen LogP contribution in [0.2, 0.25) is 0 Å². The van der Waals surface area contributed by atoms with Gasteiger partial charge in [-0.25, -0.2) is 0 Å². The van der Waals surface area contributed by atoms with Gasteiger partial charge in [-0.1, -0.05) is 33.3 Å². The second-order valence-corrected chi connectivity index (χ2v) is 7.10. The number of rotatable bonds is 1. The molecular formula is C15H26O3. The van der Waals surface area contributed by atoms with E-state index in [9.17, 15) is 15.3 Å². The summed E-state index contributed by atoms with van der Waals surface area (Å²) in [5, 5.41) is 31.1. The van der Waals surface area contributed by atoms with Gasteiger partial charge in [0.25, 0.3) is 0 Å².